The van der Waals surface area contributed by atoms with E-state index in [1.54, 1.807) is 24.3 Å². The molecule has 6 heteroatoms. The minimum absolute atomic E-state index is 0.00762. The molecule has 1 saturated heterocycles. The van der Waals surface area contributed by atoms with Gasteiger partial charge in [-0.05, 0) is 49.7 Å². The Kier molecular flexibility index (Phi) is 5.87. The summed E-state index contributed by atoms with van der Waals surface area (Å²) in [6.45, 7) is 10.0. The van der Waals surface area contributed by atoms with Gasteiger partial charge in [-0.1, -0.05) is 36.2 Å². The molecule has 0 aliphatic carbocycles. The molecule has 1 aliphatic heterocycles. The van der Waals surface area contributed by atoms with Crippen LogP contribution in [0.1, 0.15) is 35.2 Å². The first-order chi connectivity index (χ1) is 12.6. The van der Waals surface area contributed by atoms with Crippen LogP contribution < -0.4 is 5.32 Å². The van der Waals surface area contributed by atoms with Crippen molar-refractivity contribution >= 4 is 28.9 Å². The Morgan fingerprint density at radius 3 is 2.65 bits per heavy atom. The van der Waals surface area contributed by atoms with Crippen LogP contribution in [-0.2, 0) is 6.54 Å². The van der Waals surface area contributed by atoms with E-state index in [1.165, 1.54) is 18.6 Å². The molecular formula is C20H19ClFN3O. The third kappa shape index (κ3) is 4.40. The second kappa shape index (κ2) is 8.31. The van der Waals surface area contributed by atoms with Crippen LogP contribution >= 0.6 is 11.6 Å². The molecule has 0 saturated carbocycles. The molecule has 134 valence electrons. The predicted octanol–water partition coefficient (Wildman–Crippen LogP) is 5.27. The van der Waals surface area contributed by atoms with Gasteiger partial charge >= 0.3 is 0 Å². The van der Waals surface area contributed by atoms with Crippen molar-refractivity contribution in [3.05, 3.63) is 69.8 Å². The van der Waals surface area contributed by atoms with Crippen LogP contribution in [0.3, 0.4) is 0 Å². The number of benzene rings is 2. The zero-order valence-corrected chi connectivity index (χ0v) is 15.0. The first-order valence-electron chi connectivity index (χ1n) is 8.56. The van der Waals surface area contributed by atoms with E-state index in [1.807, 2.05) is 0 Å². The molecule has 1 fully saturated rings. The van der Waals surface area contributed by atoms with Crippen LogP contribution in [0.15, 0.2) is 36.4 Å². The second-order valence-electron chi connectivity index (χ2n) is 6.38. The highest BCUT2D eigenvalue weighted by Gasteiger charge is 2.15. The Labute approximate surface area is 157 Å². The number of nitrogens with zero attached hydrogens (tertiary/aromatic N) is 2. The molecule has 1 amide bonds. The van der Waals surface area contributed by atoms with E-state index in [2.05, 4.69) is 15.1 Å². The average molecular weight is 372 g/mol. The fraction of sp³-hybridized carbons (Fsp3) is 0.300. The van der Waals surface area contributed by atoms with Crippen LogP contribution in [0.4, 0.5) is 15.8 Å². The van der Waals surface area contributed by atoms with Gasteiger partial charge in [0.05, 0.1) is 11.6 Å². The molecule has 1 aliphatic rings. The maximum atomic E-state index is 13.5. The summed E-state index contributed by atoms with van der Waals surface area (Å²) in [5.74, 6) is -0.929. The average Bonchev–Trinajstić information content (AvgIpc) is 2.65. The highest BCUT2D eigenvalue weighted by atomic mass is 35.5. The van der Waals surface area contributed by atoms with Crippen molar-refractivity contribution in [1.29, 1.82) is 0 Å². The van der Waals surface area contributed by atoms with Gasteiger partial charge in [0.25, 0.3) is 5.91 Å². The van der Waals surface area contributed by atoms with Crippen molar-refractivity contribution in [2.75, 3.05) is 18.4 Å². The Bertz CT molecular complexity index is 857. The Morgan fingerprint density at radius 1 is 1.19 bits per heavy atom. The van der Waals surface area contributed by atoms with Crippen molar-refractivity contribution in [2.45, 2.75) is 25.8 Å². The maximum absolute atomic E-state index is 13.5. The molecule has 4 nitrogen and oxygen atoms in total. The molecule has 2 aromatic rings. The summed E-state index contributed by atoms with van der Waals surface area (Å²) >= 11 is 5.66. The van der Waals surface area contributed by atoms with E-state index in [4.69, 9.17) is 18.2 Å². The molecule has 0 bridgehead atoms. The van der Waals surface area contributed by atoms with E-state index in [0.717, 1.165) is 31.5 Å². The van der Waals surface area contributed by atoms with Gasteiger partial charge in [0, 0.05) is 17.8 Å². The highest BCUT2D eigenvalue weighted by molar-refractivity contribution is 6.30. The summed E-state index contributed by atoms with van der Waals surface area (Å²) in [7, 11) is 0. The lowest BCUT2D eigenvalue weighted by Crippen LogP contribution is -2.29. The summed E-state index contributed by atoms with van der Waals surface area (Å²) < 4.78 is 13.5. The smallest absolute Gasteiger partial charge is 0.255 e. The quantitative estimate of drug-likeness (QED) is 0.743. The van der Waals surface area contributed by atoms with Crippen LogP contribution in [0.5, 0.6) is 0 Å². The van der Waals surface area contributed by atoms with Gasteiger partial charge < -0.3 is 10.2 Å². The lowest BCUT2D eigenvalue weighted by molar-refractivity contribution is 0.102. The topological polar surface area (TPSA) is 36.7 Å². The second-order valence-corrected chi connectivity index (χ2v) is 6.78. The number of hydrogen-bond donors (Lipinski definition) is 1. The number of carbonyl (C=O) groups is 1. The van der Waals surface area contributed by atoms with Crippen molar-refractivity contribution < 1.29 is 9.18 Å². The van der Waals surface area contributed by atoms with Crippen LogP contribution in [-0.4, -0.2) is 23.9 Å². The number of halogens is 2. The van der Waals surface area contributed by atoms with Crippen molar-refractivity contribution in [3.8, 4) is 0 Å². The predicted molar refractivity (Wildman–Crippen MR) is 101 cm³/mol. The van der Waals surface area contributed by atoms with Crippen LogP contribution in [0.2, 0.25) is 5.02 Å². The third-order valence-electron chi connectivity index (χ3n) is 4.48. The number of anilines is 1. The minimum Gasteiger partial charge on any atom is -0.322 e. The van der Waals surface area contributed by atoms with E-state index < -0.39 is 5.82 Å². The Hall–Kier alpha value is -2.42. The van der Waals surface area contributed by atoms with Gasteiger partial charge in [0.15, 0.2) is 5.69 Å². The molecule has 3 rings (SSSR count). The molecule has 1 heterocycles. The van der Waals surface area contributed by atoms with E-state index in [-0.39, 0.29) is 10.9 Å². The zero-order chi connectivity index (χ0) is 18.5. The third-order valence-corrected chi connectivity index (χ3v) is 4.79. The molecule has 0 aromatic heterocycles. The number of rotatable bonds is 4. The number of hydrogen-bond acceptors (Lipinski definition) is 2. The lowest BCUT2D eigenvalue weighted by Gasteiger charge is -2.27. The van der Waals surface area contributed by atoms with Crippen LogP contribution in [0, 0.1) is 12.4 Å². The highest BCUT2D eigenvalue weighted by Crippen LogP contribution is 2.25. The van der Waals surface area contributed by atoms with Crippen molar-refractivity contribution in [3.63, 3.8) is 0 Å². The van der Waals surface area contributed by atoms with E-state index in [9.17, 15) is 9.18 Å². The molecule has 2 aromatic carbocycles. The lowest BCUT2D eigenvalue weighted by atomic mass is 10.1. The molecule has 0 spiro atoms. The monoisotopic (exact) mass is 371 g/mol. The van der Waals surface area contributed by atoms with Gasteiger partial charge in [0.1, 0.15) is 5.82 Å². The van der Waals surface area contributed by atoms with E-state index in [0.29, 0.717) is 23.5 Å². The first kappa shape index (κ1) is 18.4. The van der Waals surface area contributed by atoms with Crippen molar-refractivity contribution in [2.24, 2.45) is 0 Å². The summed E-state index contributed by atoms with van der Waals surface area (Å²) in [6, 6.07) is 9.17. The number of piperidine rings is 1. The summed E-state index contributed by atoms with van der Waals surface area (Å²) in [5, 5.41) is 2.67. The zero-order valence-electron chi connectivity index (χ0n) is 14.3. The summed E-state index contributed by atoms with van der Waals surface area (Å²) in [4.78, 5) is 18.4. The SMILES string of the molecule is [C-]#[N+]c1ccc(C(=O)Nc2ccc(Cl)c(F)c2)cc1CN1CCCCC1. The summed E-state index contributed by atoms with van der Waals surface area (Å²) in [6.07, 6.45) is 3.57. The minimum atomic E-state index is -0.585. The number of likely N-dealkylation sites (tertiary alicyclic amines) is 1. The Morgan fingerprint density at radius 2 is 1.96 bits per heavy atom. The molecule has 1 N–H and O–H groups in total. The van der Waals surface area contributed by atoms with Gasteiger partial charge in [0.2, 0.25) is 0 Å². The largest absolute Gasteiger partial charge is 0.322 e. The molecule has 0 unspecified atom stereocenters. The number of carbonyl (C=O) groups excluding carboxylic acids is 1. The first-order valence-corrected chi connectivity index (χ1v) is 8.94. The standard InChI is InChI=1S/C20H19ClFN3O/c1-23-19-8-5-14(11-15(19)13-25-9-3-2-4-10-25)20(26)24-16-6-7-17(21)18(22)12-16/h5-8,11-12H,2-4,9-10,13H2,(H,24,26). The van der Waals surface area contributed by atoms with Gasteiger partial charge in [-0.25, -0.2) is 9.24 Å². The van der Waals surface area contributed by atoms with Gasteiger partial charge in [-0.15, -0.1) is 0 Å². The van der Waals surface area contributed by atoms with E-state index >= 15 is 0 Å². The molecule has 0 atom stereocenters. The molecule has 0 radical (unpaired) electrons. The maximum Gasteiger partial charge on any atom is 0.255 e. The molecule has 26 heavy (non-hydrogen) atoms. The van der Waals surface area contributed by atoms with Gasteiger partial charge in [-0.2, -0.15) is 0 Å². The van der Waals surface area contributed by atoms with Crippen LogP contribution in [0.25, 0.3) is 4.85 Å². The fourth-order valence-corrected chi connectivity index (χ4v) is 3.22. The summed E-state index contributed by atoms with van der Waals surface area (Å²) in [5.41, 5.74) is 2.19. The van der Waals surface area contributed by atoms with Crippen molar-refractivity contribution in [1.82, 2.24) is 4.90 Å². The molecular weight excluding hydrogens is 353 g/mol. The normalized spacial score (nSPS) is 14.7. The Balaban J connectivity index is 1.78. The van der Waals surface area contributed by atoms with Gasteiger partial charge in [-0.3, -0.25) is 4.79 Å². The fourth-order valence-electron chi connectivity index (χ4n) is 3.10. The number of amides is 1. The number of nitrogens with one attached hydrogen (secondary N) is 1.